The highest BCUT2D eigenvalue weighted by Gasteiger charge is 2.28. The van der Waals surface area contributed by atoms with E-state index in [0.29, 0.717) is 12.1 Å². The molecule has 2 heterocycles. The maximum Gasteiger partial charge on any atom is 0.264 e. The largest absolute Gasteiger partial charge is 0.482 e. The molecule has 4 heteroatoms. The van der Waals surface area contributed by atoms with Gasteiger partial charge in [0.25, 0.3) is 5.91 Å². The van der Waals surface area contributed by atoms with Crippen LogP contribution >= 0.6 is 0 Å². The van der Waals surface area contributed by atoms with E-state index < -0.39 is 0 Å². The van der Waals surface area contributed by atoms with E-state index in [-0.39, 0.29) is 12.5 Å². The monoisotopic (exact) mass is 232 g/mol. The minimum atomic E-state index is 0.00425. The van der Waals surface area contributed by atoms with Crippen LogP contribution in [-0.4, -0.2) is 25.6 Å². The Morgan fingerprint density at radius 1 is 1.47 bits per heavy atom. The molecule has 0 bridgehead atoms. The third-order valence-corrected chi connectivity index (χ3v) is 3.55. The second-order valence-corrected chi connectivity index (χ2v) is 4.82. The number of hydrogen-bond acceptors (Lipinski definition) is 3. The van der Waals surface area contributed by atoms with Gasteiger partial charge in [0.05, 0.1) is 5.69 Å². The fraction of sp³-hybridized carbons (Fsp3) is 0.462. The molecule has 0 saturated carbocycles. The summed E-state index contributed by atoms with van der Waals surface area (Å²) in [6.45, 7) is 2.31. The van der Waals surface area contributed by atoms with Gasteiger partial charge in [0.1, 0.15) is 5.75 Å². The van der Waals surface area contributed by atoms with Crippen LogP contribution in [-0.2, 0) is 4.79 Å². The molecule has 0 radical (unpaired) electrons. The summed E-state index contributed by atoms with van der Waals surface area (Å²) in [5, 5.41) is 3.45. The topological polar surface area (TPSA) is 41.6 Å². The standard InChI is InChI=1S/C13H16N2O2/c1-8-5-10(14-8)9-3-4-12-11(6-9)15(2)13(16)7-17-12/h3-4,6,8,10,14H,5,7H2,1-2H3. The molecular weight excluding hydrogens is 216 g/mol. The second-order valence-electron chi connectivity index (χ2n) is 4.82. The maximum atomic E-state index is 11.6. The number of nitrogens with zero attached hydrogens (tertiary/aromatic N) is 1. The van der Waals surface area contributed by atoms with Gasteiger partial charge >= 0.3 is 0 Å². The molecule has 1 aromatic carbocycles. The predicted molar refractivity (Wildman–Crippen MR) is 65.3 cm³/mol. The lowest BCUT2D eigenvalue weighted by atomic mass is 9.91. The van der Waals surface area contributed by atoms with Crippen molar-refractivity contribution in [3.8, 4) is 5.75 Å². The van der Waals surface area contributed by atoms with Crippen LogP contribution in [0.25, 0.3) is 0 Å². The number of rotatable bonds is 1. The average molecular weight is 232 g/mol. The van der Waals surface area contributed by atoms with E-state index in [1.165, 1.54) is 5.56 Å². The van der Waals surface area contributed by atoms with E-state index in [1.54, 1.807) is 11.9 Å². The van der Waals surface area contributed by atoms with E-state index in [2.05, 4.69) is 24.4 Å². The molecule has 1 saturated heterocycles. The number of ether oxygens (including phenoxy) is 1. The predicted octanol–water partition coefficient (Wildman–Crippen LogP) is 1.46. The van der Waals surface area contributed by atoms with Crippen molar-refractivity contribution >= 4 is 11.6 Å². The summed E-state index contributed by atoms with van der Waals surface area (Å²) >= 11 is 0. The molecule has 2 unspecified atom stereocenters. The SMILES string of the molecule is CC1CC(c2ccc3c(c2)N(C)C(=O)CO3)N1. The summed E-state index contributed by atoms with van der Waals surface area (Å²) in [7, 11) is 1.80. The van der Waals surface area contributed by atoms with Gasteiger partial charge in [-0.1, -0.05) is 6.07 Å². The van der Waals surface area contributed by atoms with Gasteiger partial charge in [-0.05, 0) is 31.0 Å². The van der Waals surface area contributed by atoms with E-state index in [1.807, 2.05) is 6.07 Å². The number of benzene rings is 1. The van der Waals surface area contributed by atoms with E-state index >= 15 is 0 Å². The average Bonchev–Trinajstić information content (AvgIpc) is 2.30. The molecule has 4 nitrogen and oxygen atoms in total. The van der Waals surface area contributed by atoms with Crippen LogP contribution in [0.4, 0.5) is 5.69 Å². The first-order chi connectivity index (χ1) is 8.15. The molecule has 1 fully saturated rings. The zero-order valence-electron chi connectivity index (χ0n) is 10.1. The van der Waals surface area contributed by atoms with Crippen LogP contribution in [0.1, 0.15) is 24.9 Å². The highest BCUT2D eigenvalue weighted by molar-refractivity contribution is 5.97. The van der Waals surface area contributed by atoms with Gasteiger partial charge in [0, 0.05) is 19.1 Å². The highest BCUT2D eigenvalue weighted by Crippen LogP contribution is 2.36. The molecule has 2 aliphatic heterocycles. The maximum absolute atomic E-state index is 11.6. The van der Waals surface area contributed by atoms with Crippen LogP contribution in [0.15, 0.2) is 18.2 Å². The van der Waals surface area contributed by atoms with Crippen LogP contribution in [0.5, 0.6) is 5.75 Å². The second kappa shape index (κ2) is 3.74. The normalized spacial score (nSPS) is 27.2. The van der Waals surface area contributed by atoms with Gasteiger partial charge in [-0.15, -0.1) is 0 Å². The molecule has 2 atom stereocenters. The minimum Gasteiger partial charge on any atom is -0.482 e. The van der Waals surface area contributed by atoms with Crippen molar-refractivity contribution in [2.45, 2.75) is 25.4 Å². The van der Waals surface area contributed by atoms with Crippen molar-refractivity contribution < 1.29 is 9.53 Å². The van der Waals surface area contributed by atoms with Gasteiger partial charge in [-0.3, -0.25) is 4.79 Å². The van der Waals surface area contributed by atoms with Gasteiger partial charge in [-0.25, -0.2) is 0 Å². The van der Waals surface area contributed by atoms with Crippen LogP contribution in [0.3, 0.4) is 0 Å². The van der Waals surface area contributed by atoms with Gasteiger partial charge in [-0.2, -0.15) is 0 Å². The minimum absolute atomic E-state index is 0.00425. The number of carbonyl (C=O) groups is 1. The Bertz CT molecular complexity index is 466. The Balaban J connectivity index is 1.92. The molecule has 1 N–H and O–H groups in total. The summed E-state index contributed by atoms with van der Waals surface area (Å²) in [5.74, 6) is 0.799. The molecule has 1 aromatic rings. The number of fused-ring (bicyclic) bond motifs is 1. The van der Waals surface area contributed by atoms with Crippen LogP contribution < -0.4 is 15.0 Å². The Morgan fingerprint density at radius 3 is 2.94 bits per heavy atom. The van der Waals surface area contributed by atoms with Crippen molar-refractivity contribution in [1.29, 1.82) is 0 Å². The molecule has 0 aliphatic carbocycles. The quantitative estimate of drug-likeness (QED) is 0.797. The van der Waals surface area contributed by atoms with Crippen LogP contribution in [0, 0.1) is 0 Å². The number of anilines is 1. The number of nitrogens with one attached hydrogen (secondary N) is 1. The summed E-state index contributed by atoms with van der Waals surface area (Å²) in [5.41, 5.74) is 2.10. The molecular formula is C13H16N2O2. The summed E-state index contributed by atoms with van der Waals surface area (Å²) in [4.78, 5) is 13.2. The fourth-order valence-corrected chi connectivity index (χ4v) is 2.41. The Kier molecular flexibility index (Phi) is 2.33. The third-order valence-electron chi connectivity index (χ3n) is 3.55. The molecule has 3 rings (SSSR count). The van der Waals surface area contributed by atoms with E-state index in [4.69, 9.17) is 4.74 Å². The van der Waals surface area contributed by atoms with Gasteiger partial charge in [0.2, 0.25) is 0 Å². The summed E-state index contributed by atoms with van der Waals surface area (Å²) in [6.07, 6.45) is 1.15. The number of likely N-dealkylation sites (N-methyl/N-ethyl adjacent to an activating group) is 1. The molecule has 1 amide bonds. The first-order valence-corrected chi connectivity index (χ1v) is 5.94. The Morgan fingerprint density at radius 2 is 2.24 bits per heavy atom. The lowest BCUT2D eigenvalue weighted by molar-refractivity contribution is -0.120. The zero-order chi connectivity index (χ0) is 12.0. The van der Waals surface area contributed by atoms with E-state index in [0.717, 1.165) is 17.9 Å². The van der Waals surface area contributed by atoms with Gasteiger partial charge in [0.15, 0.2) is 6.61 Å². The highest BCUT2D eigenvalue weighted by atomic mass is 16.5. The summed E-state index contributed by atoms with van der Waals surface area (Å²) < 4.78 is 5.40. The molecule has 90 valence electrons. The Hall–Kier alpha value is -1.55. The van der Waals surface area contributed by atoms with Gasteiger partial charge < -0.3 is 15.0 Å². The molecule has 0 aromatic heterocycles. The first kappa shape index (κ1) is 10.6. The zero-order valence-corrected chi connectivity index (χ0v) is 10.1. The smallest absolute Gasteiger partial charge is 0.264 e. The van der Waals surface area contributed by atoms with Crippen molar-refractivity contribution in [1.82, 2.24) is 5.32 Å². The molecule has 17 heavy (non-hydrogen) atoms. The Labute approximate surface area is 101 Å². The molecule has 2 aliphatic rings. The lowest BCUT2D eigenvalue weighted by Crippen LogP contribution is -2.44. The van der Waals surface area contributed by atoms with Crippen molar-refractivity contribution in [3.05, 3.63) is 23.8 Å². The first-order valence-electron chi connectivity index (χ1n) is 5.94. The van der Waals surface area contributed by atoms with Crippen molar-refractivity contribution in [3.63, 3.8) is 0 Å². The number of amides is 1. The summed E-state index contributed by atoms with van der Waals surface area (Å²) in [6, 6.07) is 7.09. The van der Waals surface area contributed by atoms with Crippen LogP contribution in [0.2, 0.25) is 0 Å². The van der Waals surface area contributed by atoms with Crippen molar-refractivity contribution in [2.24, 2.45) is 0 Å². The lowest BCUT2D eigenvalue weighted by Gasteiger charge is -2.36. The third kappa shape index (κ3) is 1.69. The van der Waals surface area contributed by atoms with Crippen molar-refractivity contribution in [2.75, 3.05) is 18.6 Å². The number of hydrogen-bond donors (Lipinski definition) is 1. The number of carbonyl (C=O) groups excluding carboxylic acids is 1. The van der Waals surface area contributed by atoms with E-state index in [9.17, 15) is 4.79 Å². The fourth-order valence-electron chi connectivity index (χ4n) is 2.41. The molecule has 0 spiro atoms.